The zero-order chi connectivity index (χ0) is 13.4. The Balaban J connectivity index is 2.60. The summed E-state index contributed by atoms with van der Waals surface area (Å²) in [6, 6.07) is 10.3. The molecule has 0 saturated heterocycles. The van der Waals surface area contributed by atoms with Crippen molar-refractivity contribution < 1.29 is 14.9 Å². The van der Waals surface area contributed by atoms with E-state index in [9.17, 15) is 10.2 Å². The molecule has 1 rings (SSSR count). The fourth-order valence-corrected chi connectivity index (χ4v) is 1.40. The molecule has 0 bridgehead atoms. The van der Waals surface area contributed by atoms with Gasteiger partial charge < -0.3 is 14.9 Å². The summed E-state index contributed by atoms with van der Waals surface area (Å²) in [6.45, 7) is 0.315. The molecule has 18 heavy (non-hydrogen) atoms. The smallest absolute Gasteiger partial charge is 0.119 e. The number of nitriles is 2. The van der Waals surface area contributed by atoms with Crippen molar-refractivity contribution in [3.05, 3.63) is 29.8 Å². The van der Waals surface area contributed by atoms with Crippen molar-refractivity contribution in [3.63, 3.8) is 0 Å². The lowest BCUT2D eigenvalue weighted by Crippen LogP contribution is -2.17. The largest absolute Gasteiger partial charge is 0.493 e. The van der Waals surface area contributed by atoms with Crippen molar-refractivity contribution >= 4 is 0 Å². The molecule has 0 aliphatic heterocycles. The van der Waals surface area contributed by atoms with Gasteiger partial charge in [-0.05, 0) is 17.7 Å². The van der Waals surface area contributed by atoms with Gasteiger partial charge in [-0.15, -0.1) is 0 Å². The van der Waals surface area contributed by atoms with Gasteiger partial charge in [-0.3, -0.25) is 0 Å². The summed E-state index contributed by atoms with van der Waals surface area (Å²) in [4.78, 5) is 0. The monoisotopic (exact) mass is 246 g/mol. The average molecular weight is 246 g/mol. The van der Waals surface area contributed by atoms with Gasteiger partial charge in [0.2, 0.25) is 0 Å². The number of rotatable bonds is 6. The van der Waals surface area contributed by atoms with Crippen LogP contribution < -0.4 is 4.74 Å². The van der Waals surface area contributed by atoms with Gasteiger partial charge in [0.25, 0.3) is 0 Å². The summed E-state index contributed by atoms with van der Waals surface area (Å²) in [5, 5.41) is 36.0. The van der Waals surface area contributed by atoms with Crippen molar-refractivity contribution in [1.82, 2.24) is 0 Å². The van der Waals surface area contributed by atoms with E-state index in [4.69, 9.17) is 15.3 Å². The highest BCUT2D eigenvalue weighted by atomic mass is 16.5. The van der Waals surface area contributed by atoms with Crippen LogP contribution in [0.1, 0.15) is 24.5 Å². The zero-order valence-corrected chi connectivity index (χ0v) is 9.78. The minimum atomic E-state index is -1.10. The molecule has 2 atom stereocenters. The third kappa shape index (κ3) is 4.06. The minimum absolute atomic E-state index is 0.123. The van der Waals surface area contributed by atoms with Crippen LogP contribution in [0.5, 0.6) is 5.75 Å². The molecule has 0 aromatic heterocycles. The lowest BCUT2D eigenvalue weighted by Gasteiger charge is -2.15. The second-order valence-electron chi connectivity index (χ2n) is 3.70. The van der Waals surface area contributed by atoms with Crippen LogP contribution in [-0.4, -0.2) is 22.9 Å². The number of aliphatic hydroxyl groups excluding tert-OH is 2. The predicted octanol–water partition coefficient (Wildman–Crippen LogP) is 1.29. The maximum atomic E-state index is 9.74. The molecule has 0 radical (unpaired) electrons. The Hall–Kier alpha value is -2.08. The minimum Gasteiger partial charge on any atom is -0.493 e. The van der Waals surface area contributed by atoms with E-state index >= 15 is 0 Å². The molecule has 0 amide bonds. The fraction of sp³-hybridized carbons (Fsp3) is 0.385. The normalized spacial score (nSPS) is 13.1. The predicted molar refractivity (Wildman–Crippen MR) is 63.4 cm³/mol. The van der Waals surface area contributed by atoms with Gasteiger partial charge in [-0.2, -0.15) is 10.5 Å². The number of nitrogens with zero attached hydrogens (tertiary/aromatic N) is 2. The van der Waals surface area contributed by atoms with Gasteiger partial charge in [0.15, 0.2) is 0 Å². The third-order valence-corrected chi connectivity index (χ3v) is 2.37. The Morgan fingerprint density at radius 1 is 1.11 bits per heavy atom. The molecule has 1 aromatic carbocycles. The topological polar surface area (TPSA) is 97.3 Å². The summed E-state index contributed by atoms with van der Waals surface area (Å²) in [5.74, 6) is 0.593. The van der Waals surface area contributed by atoms with Crippen LogP contribution in [0.3, 0.4) is 0 Å². The van der Waals surface area contributed by atoms with Crippen molar-refractivity contribution in [2.45, 2.75) is 25.0 Å². The Labute approximate surface area is 105 Å². The molecule has 2 unspecified atom stereocenters. The van der Waals surface area contributed by atoms with Crippen LogP contribution >= 0.6 is 0 Å². The molecule has 5 heteroatoms. The standard InChI is InChI=1S/C13H14N2O3/c14-7-1-9-18-11-4-2-10(3-5-11)13(17)12(16)6-8-15/h2-5,12-13,16-17H,1,6,9H2. The highest BCUT2D eigenvalue weighted by molar-refractivity contribution is 5.29. The van der Waals surface area contributed by atoms with Crippen LogP contribution in [0.2, 0.25) is 0 Å². The van der Waals surface area contributed by atoms with Gasteiger partial charge in [-0.1, -0.05) is 12.1 Å². The van der Waals surface area contributed by atoms with Crippen LogP contribution in [0.15, 0.2) is 24.3 Å². The lowest BCUT2D eigenvalue weighted by molar-refractivity contribution is 0.0216. The quantitative estimate of drug-likeness (QED) is 0.737. The van der Waals surface area contributed by atoms with E-state index in [1.54, 1.807) is 30.3 Å². The lowest BCUT2D eigenvalue weighted by atomic mass is 10.0. The SMILES string of the molecule is N#CCCOc1ccc(C(O)C(O)CC#N)cc1. The first-order chi connectivity index (χ1) is 8.69. The van der Waals surface area contributed by atoms with Gasteiger partial charge >= 0.3 is 0 Å². The molecular formula is C13H14N2O3. The molecule has 0 spiro atoms. The van der Waals surface area contributed by atoms with Crippen LogP contribution in [-0.2, 0) is 0 Å². The zero-order valence-electron chi connectivity index (χ0n) is 9.78. The first kappa shape index (κ1) is 14.0. The first-order valence-corrected chi connectivity index (χ1v) is 5.52. The first-order valence-electron chi connectivity index (χ1n) is 5.52. The van der Waals surface area contributed by atoms with E-state index in [-0.39, 0.29) is 6.42 Å². The molecule has 1 aromatic rings. The van der Waals surface area contributed by atoms with Crippen LogP contribution in [0, 0.1) is 22.7 Å². The van der Waals surface area contributed by atoms with Crippen molar-refractivity contribution in [2.24, 2.45) is 0 Å². The van der Waals surface area contributed by atoms with Gasteiger partial charge in [0.05, 0.1) is 31.1 Å². The number of aliphatic hydroxyl groups is 2. The van der Waals surface area contributed by atoms with Crippen LogP contribution in [0.25, 0.3) is 0 Å². The number of hydrogen-bond acceptors (Lipinski definition) is 5. The summed E-state index contributed by atoms with van der Waals surface area (Å²) >= 11 is 0. The Morgan fingerprint density at radius 2 is 1.78 bits per heavy atom. The number of ether oxygens (including phenoxy) is 1. The Bertz CT molecular complexity index is 445. The summed E-state index contributed by atoms with van der Waals surface area (Å²) in [5.41, 5.74) is 0.519. The highest BCUT2D eigenvalue weighted by Gasteiger charge is 2.17. The molecule has 0 fully saturated rings. The van der Waals surface area contributed by atoms with Crippen LogP contribution in [0.4, 0.5) is 0 Å². The summed E-state index contributed by atoms with van der Waals surface area (Å²) in [7, 11) is 0. The van der Waals surface area contributed by atoms with E-state index in [1.807, 2.05) is 6.07 Å². The molecule has 94 valence electrons. The van der Waals surface area contributed by atoms with E-state index in [2.05, 4.69) is 0 Å². The van der Waals surface area contributed by atoms with Crippen molar-refractivity contribution in [3.8, 4) is 17.9 Å². The van der Waals surface area contributed by atoms with Gasteiger partial charge in [0, 0.05) is 0 Å². The third-order valence-electron chi connectivity index (χ3n) is 2.37. The van der Waals surface area contributed by atoms with Crippen molar-refractivity contribution in [2.75, 3.05) is 6.61 Å². The molecular weight excluding hydrogens is 232 g/mol. The number of benzene rings is 1. The molecule has 0 saturated carbocycles. The molecule has 0 heterocycles. The van der Waals surface area contributed by atoms with Gasteiger partial charge in [-0.25, -0.2) is 0 Å². The molecule has 5 nitrogen and oxygen atoms in total. The maximum Gasteiger partial charge on any atom is 0.119 e. The summed E-state index contributed by atoms with van der Waals surface area (Å²) in [6.07, 6.45) is -1.99. The van der Waals surface area contributed by atoms with E-state index in [0.717, 1.165) is 0 Å². The number of hydrogen-bond donors (Lipinski definition) is 2. The van der Waals surface area contributed by atoms with Crippen molar-refractivity contribution in [1.29, 1.82) is 10.5 Å². The second kappa shape index (κ2) is 7.29. The Morgan fingerprint density at radius 3 is 2.33 bits per heavy atom. The van der Waals surface area contributed by atoms with E-state index in [1.165, 1.54) is 0 Å². The summed E-state index contributed by atoms with van der Waals surface area (Å²) < 4.78 is 5.27. The Kier molecular flexibility index (Phi) is 5.66. The fourth-order valence-electron chi connectivity index (χ4n) is 1.40. The maximum absolute atomic E-state index is 9.74. The molecule has 0 aliphatic rings. The second-order valence-corrected chi connectivity index (χ2v) is 3.70. The van der Waals surface area contributed by atoms with Gasteiger partial charge in [0.1, 0.15) is 18.5 Å². The highest BCUT2D eigenvalue weighted by Crippen LogP contribution is 2.21. The molecule has 0 aliphatic carbocycles. The average Bonchev–Trinajstić information content (AvgIpc) is 2.39. The molecule has 2 N–H and O–H groups in total. The van der Waals surface area contributed by atoms with E-state index in [0.29, 0.717) is 24.3 Å². The van der Waals surface area contributed by atoms with E-state index < -0.39 is 12.2 Å².